The number of carbonyl (C=O) groups is 3. The van der Waals surface area contributed by atoms with Crippen molar-refractivity contribution in [3.63, 3.8) is 0 Å². The lowest BCUT2D eigenvalue weighted by molar-refractivity contribution is -0.123. The average Bonchev–Trinajstić information content (AvgIpc) is 2.62. The molecule has 0 spiro atoms. The van der Waals surface area contributed by atoms with E-state index in [9.17, 15) is 14.4 Å². The first kappa shape index (κ1) is 21.2. The lowest BCUT2D eigenvalue weighted by Crippen LogP contribution is -2.30. The summed E-state index contributed by atoms with van der Waals surface area (Å²) in [6.07, 6.45) is -0.975. The molecule has 2 aromatic carbocycles. The van der Waals surface area contributed by atoms with Crippen molar-refractivity contribution >= 4 is 29.2 Å². The van der Waals surface area contributed by atoms with Gasteiger partial charge in [0.2, 0.25) is 5.91 Å². The van der Waals surface area contributed by atoms with E-state index in [0.29, 0.717) is 5.69 Å². The van der Waals surface area contributed by atoms with Crippen LogP contribution in [0.1, 0.15) is 55.1 Å². The van der Waals surface area contributed by atoms with Crippen LogP contribution in [0.5, 0.6) is 0 Å². The Morgan fingerprint density at radius 2 is 1.64 bits per heavy atom. The Balaban J connectivity index is 2.09. The second kappa shape index (κ2) is 9.17. The van der Waals surface area contributed by atoms with Gasteiger partial charge in [-0.2, -0.15) is 0 Å². The molecule has 0 bridgehead atoms. The number of nitrogens with one attached hydrogen (secondary N) is 2. The van der Waals surface area contributed by atoms with Crippen LogP contribution in [0, 0.1) is 6.92 Å². The summed E-state index contributed by atoms with van der Waals surface area (Å²) < 4.78 is 5.31. The predicted octanol–water partition coefficient (Wildman–Crippen LogP) is 4.26. The third kappa shape index (κ3) is 5.42. The molecule has 0 aromatic heterocycles. The monoisotopic (exact) mass is 382 g/mol. The Morgan fingerprint density at radius 3 is 2.29 bits per heavy atom. The summed E-state index contributed by atoms with van der Waals surface area (Å²) in [5.41, 5.74) is 3.46. The van der Waals surface area contributed by atoms with Gasteiger partial charge in [0.15, 0.2) is 6.10 Å². The number of aryl methyl sites for hydroxylation is 1. The van der Waals surface area contributed by atoms with E-state index in [0.717, 1.165) is 16.8 Å². The number of esters is 1. The minimum atomic E-state index is -0.975. The fourth-order valence-electron chi connectivity index (χ4n) is 2.78. The molecule has 2 rings (SSSR count). The number of amides is 2. The summed E-state index contributed by atoms with van der Waals surface area (Å²) in [5.74, 6) is -1.03. The van der Waals surface area contributed by atoms with Gasteiger partial charge in [0.25, 0.3) is 5.91 Å². The van der Waals surface area contributed by atoms with Crippen LogP contribution in [0.4, 0.5) is 11.4 Å². The van der Waals surface area contributed by atoms with Crippen molar-refractivity contribution in [1.29, 1.82) is 0 Å². The summed E-state index contributed by atoms with van der Waals surface area (Å²) in [7, 11) is 0. The van der Waals surface area contributed by atoms with Gasteiger partial charge >= 0.3 is 5.97 Å². The number of para-hydroxylation sites is 1. The van der Waals surface area contributed by atoms with Crippen LogP contribution >= 0.6 is 0 Å². The van der Waals surface area contributed by atoms with Crippen LogP contribution in [0.15, 0.2) is 42.5 Å². The molecule has 6 nitrogen and oxygen atoms in total. The summed E-state index contributed by atoms with van der Waals surface area (Å²) in [4.78, 5) is 36.1. The topological polar surface area (TPSA) is 84.5 Å². The van der Waals surface area contributed by atoms with Crippen LogP contribution < -0.4 is 10.6 Å². The maximum absolute atomic E-state index is 12.6. The number of hydrogen-bond acceptors (Lipinski definition) is 4. The van der Waals surface area contributed by atoms with Crippen molar-refractivity contribution in [3.05, 3.63) is 59.2 Å². The molecule has 0 aliphatic carbocycles. The van der Waals surface area contributed by atoms with E-state index < -0.39 is 18.0 Å². The van der Waals surface area contributed by atoms with Crippen LogP contribution in [0.3, 0.4) is 0 Å². The van der Waals surface area contributed by atoms with Crippen molar-refractivity contribution in [2.75, 3.05) is 10.6 Å². The molecule has 0 unspecified atom stereocenters. The molecule has 1 atom stereocenters. The van der Waals surface area contributed by atoms with Gasteiger partial charge in [-0.1, -0.05) is 38.1 Å². The van der Waals surface area contributed by atoms with Crippen LogP contribution in [0.2, 0.25) is 0 Å². The van der Waals surface area contributed by atoms with Gasteiger partial charge in [-0.25, -0.2) is 4.79 Å². The summed E-state index contributed by atoms with van der Waals surface area (Å²) in [6.45, 7) is 8.93. The SMILES string of the molecule is CC(=O)Nc1cccc(C(=O)O[C@H](C)C(=O)Nc2c(C)cccc2C(C)C)c1. The van der Waals surface area contributed by atoms with Gasteiger partial charge in [-0.05, 0) is 49.1 Å². The van der Waals surface area contributed by atoms with E-state index in [1.807, 2.05) is 25.1 Å². The molecular weight excluding hydrogens is 356 g/mol. The Bertz CT molecular complexity index is 890. The third-order valence-electron chi connectivity index (χ3n) is 4.25. The van der Waals surface area contributed by atoms with E-state index in [-0.39, 0.29) is 17.4 Å². The molecule has 2 N–H and O–H groups in total. The average molecular weight is 382 g/mol. The minimum Gasteiger partial charge on any atom is -0.449 e. The smallest absolute Gasteiger partial charge is 0.338 e. The van der Waals surface area contributed by atoms with Crippen molar-refractivity contribution in [2.45, 2.75) is 46.6 Å². The van der Waals surface area contributed by atoms with E-state index in [1.54, 1.807) is 18.2 Å². The van der Waals surface area contributed by atoms with Crippen molar-refractivity contribution in [1.82, 2.24) is 0 Å². The first-order valence-corrected chi connectivity index (χ1v) is 9.18. The highest BCUT2D eigenvalue weighted by Crippen LogP contribution is 2.27. The molecule has 0 aliphatic rings. The van der Waals surface area contributed by atoms with Gasteiger partial charge in [0.05, 0.1) is 5.56 Å². The number of carbonyl (C=O) groups excluding carboxylic acids is 3. The van der Waals surface area contributed by atoms with Crippen molar-refractivity contribution in [3.8, 4) is 0 Å². The lowest BCUT2D eigenvalue weighted by Gasteiger charge is -2.19. The second-order valence-electron chi connectivity index (χ2n) is 6.99. The van der Waals surface area contributed by atoms with E-state index >= 15 is 0 Å². The molecule has 0 heterocycles. The first-order valence-electron chi connectivity index (χ1n) is 9.18. The Morgan fingerprint density at radius 1 is 0.964 bits per heavy atom. The molecule has 28 heavy (non-hydrogen) atoms. The zero-order valence-electron chi connectivity index (χ0n) is 16.8. The van der Waals surface area contributed by atoms with E-state index in [1.165, 1.54) is 19.9 Å². The Kier molecular flexibility index (Phi) is 6.93. The maximum atomic E-state index is 12.6. The number of hydrogen-bond donors (Lipinski definition) is 2. The Hall–Kier alpha value is -3.15. The molecule has 0 fully saturated rings. The fraction of sp³-hybridized carbons (Fsp3) is 0.318. The fourth-order valence-corrected chi connectivity index (χ4v) is 2.78. The normalized spacial score (nSPS) is 11.6. The number of anilines is 2. The van der Waals surface area contributed by atoms with Gasteiger partial charge in [0, 0.05) is 18.3 Å². The first-order chi connectivity index (χ1) is 13.2. The summed E-state index contributed by atoms with van der Waals surface area (Å²) in [6, 6.07) is 12.2. The van der Waals surface area contributed by atoms with Crippen molar-refractivity contribution in [2.24, 2.45) is 0 Å². The van der Waals surface area contributed by atoms with E-state index in [2.05, 4.69) is 24.5 Å². The molecule has 6 heteroatoms. The Labute approximate surface area is 165 Å². The molecule has 148 valence electrons. The largest absolute Gasteiger partial charge is 0.449 e. The zero-order valence-corrected chi connectivity index (χ0v) is 16.8. The number of rotatable bonds is 6. The van der Waals surface area contributed by atoms with Gasteiger partial charge in [-0.15, -0.1) is 0 Å². The van der Waals surface area contributed by atoms with Crippen LogP contribution in [-0.2, 0) is 14.3 Å². The second-order valence-corrected chi connectivity index (χ2v) is 6.99. The van der Waals surface area contributed by atoms with Crippen LogP contribution in [0.25, 0.3) is 0 Å². The number of ether oxygens (including phenoxy) is 1. The third-order valence-corrected chi connectivity index (χ3v) is 4.25. The highest BCUT2D eigenvalue weighted by Gasteiger charge is 2.21. The lowest BCUT2D eigenvalue weighted by atomic mass is 9.98. The van der Waals surface area contributed by atoms with Gasteiger partial charge < -0.3 is 15.4 Å². The molecule has 0 saturated heterocycles. The standard InChI is InChI=1S/C22H26N2O4/c1-13(2)19-11-6-8-14(3)20(19)24-21(26)15(4)28-22(27)17-9-7-10-18(12-17)23-16(5)25/h6-13,15H,1-5H3,(H,23,25)(H,24,26)/t15-/m1/s1. The molecule has 0 radical (unpaired) electrons. The minimum absolute atomic E-state index is 0.238. The van der Waals surface area contributed by atoms with Crippen molar-refractivity contribution < 1.29 is 19.1 Å². The highest BCUT2D eigenvalue weighted by molar-refractivity contribution is 5.99. The summed E-state index contributed by atoms with van der Waals surface area (Å²) >= 11 is 0. The molecule has 0 saturated carbocycles. The molecule has 0 aliphatic heterocycles. The molecule has 2 aromatic rings. The van der Waals surface area contributed by atoms with Gasteiger partial charge in [0.1, 0.15) is 0 Å². The summed E-state index contributed by atoms with van der Waals surface area (Å²) in [5, 5.41) is 5.49. The highest BCUT2D eigenvalue weighted by atomic mass is 16.5. The quantitative estimate of drug-likeness (QED) is 0.731. The van der Waals surface area contributed by atoms with E-state index in [4.69, 9.17) is 4.74 Å². The predicted molar refractivity (Wildman–Crippen MR) is 110 cm³/mol. The van der Waals surface area contributed by atoms with Crippen LogP contribution in [-0.4, -0.2) is 23.9 Å². The zero-order chi connectivity index (χ0) is 20.8. The maximum Gasteiger partial charge on any atom is 0.338 e. The molecular formula is C22H26N2O4. The van der Waals surface area contributed by atoms with Gasteiger partial charge in [-0.3, -0.25) is 9.59 Å². The number of benzene rings is 2. The molecule has 2 amide bonds.